The van der Waals surface area contributed by atoms with E-state index >= 15 is 0 Å². The lowest BCUT2D eigenvalue weighted by molar-refractivity contribution is -0.274. The molecule has 0 radical (unpaired) electrons. The van der Waals surface area contributed by atoms with Crippen LogP contribution in [-0.4, -0.2) is 12.1 Å². The minimum absolute atomic E-state index is 0.157. The third-order valence-electron chi connectivity index (χ3n) is 1.79. The number of carbonyl (C=O) groups excluding carboxylic acids is 1. The number of rotatable bonds is 4. The quantitative estimate of drug-likeness (QED) is 0.743. The van der Waals surface area contributed by atoms with Crippen LogP contribution in [0.1, 0.15) is 5.56 Å². The highest BCUT2D eigenvalue weighted by Crippen LogP contribution is 2.26. The first kappa shape index (κ1) is 12.3. The SMILES string of the molecule is C=CC(=O)Cc1ccccc1OC(F)(F)F. The second-order valence-electron chi connectivity index (χ2n) is 3.00. The van der Waals surface area contributed by atoms with Crippen molar-refractivity contribution in [2.45, 2.75) is 12.8 Å². The number of ketones is 1. The van der Waals surface area contributed by atoms with Crippen LogP contribution < -0.4 is 4.74 Å². The maximum absolute atomic E-state index is 12.0. The zero-order valence-electron chi connectivity index (χ0n) is 8.25. The molecular formula is C11H9F3O2. The van der Waals surface area contributed by atoms with Crippen molar-refractivity contribution in [1.29, 1.82) is 0 Å². The summed E-state index contributed by atoms with van der Waals surface area (Å²) < 4.78 is 39.8. The predicted molar refractivity (Wildman–Crippen MR) is 52.0 cm³/mol. The number of alkyl halides is 3. The second-order valence-corrected chi connectivity index (χ2v) is 3.00. The van der Waals surface area contributed by atoms with Gasteiger partial charge in [-0.3, -0.25) is 4.79 Å². The van der Waals surface area contributed by atoms with Gasteiger partial charge in [-0.25, -0.2) is 0 Å². The van der Waals surface area contributed by atoms with Gasteiger partial charge in [0.2, 0.25) is 0 Å². The van der Waals surface area contributed by atoms with E-state index in [1.54, 1.807) is 0 Å². The number of para-hydroxylation sites is 1. The molecule has 0 aliphatic rings. The Morgan fingerprint density at radius 3 is 2.56 bits per heavy atom. The molecule has 0 saturated heterocycles. The number of hydrogen-bond acceptors (Lipinski definition) is 2. The fraction of sp³-hybridized carbons (Fsp3) is 0.182. The minimum atomic E-state index is -4.76. The van der Waals surface area contributed by atoms with Gasteiger partial charge in [-0.05, 0) is 12.1 Å². The number of benzene rings is 1. The van der Waals surface area contributed by atoms with Crippen LogP contribution in [0, 0.1) is 0 Å². The summed E-state index contributed by atoms with van der Waals surface area (Å²) >= 11 is 0. The van der Waals surface area contributed by atoms with Crippen LogP contribution in [0.2, 0.25) is 0 Å². The van der Waals surface area contributed by atoms with Crippen LogP contribution in [0.25, 0.3) is 0 Å². The van der Waals surface area contributed by atoms with E-state index in [2.05, 4.69) is 11.3 Å². The third-order valence-corrected chi connectivity index (χ3v) is 1.79. The van der Waals surface area contributed by atoms with Gasteiger partial charge in [-0.15, -0.1) is 13.2 Å². The Labute approximate surface area is 90.3 Å². The molecule has 0 amide bonds. The van der Waals surface area contributed by atoms with Gasteiger partial charge < -0.3 is 4.74 Å². The first-order valence-electron chi connectivity index (χ1n) is 4.41. The summed E-state index contributed by atoms with van der Waals surface area (Å²) in [7, 11) is 0. The van der Waals surface area contributed by atoms with Gasteiger partial charge in [0.05, 0.1) is 0 Å². The van der Waals surface area contributed by atoms with Crippen LogP contribution in [0.5, 0.6) is 5.75 Å². The van der Waals surface area contributed by atoms with Gasteiger partial charge in [-0.1, -0.05) is 24.8 Å². The van der Waals surface area contributed by atoms with Crippen LogP contribution >= 0.6 is 0 Å². The molecule has 0 aliphatic heterocycles. The molecule has 5 heteroatoms. The standard InChI is InChI=1S/C11H9F3O2/c1-2-9(15)7-8-5-3-4-6-10(8)16-11(12,13)14/h2-6H,1,7H2. The van der Waals surface area contributed by atoms with Gasteiger partial charge in [0.1, 0.15) is 5.75 Å². The van der Waals surface area contributed by atoms with E-state index in [1.165, 1.54) is 24.3 Å². The molecule has 1 aromatic carbocycles. The lowest BCUT2D eigenvalue weighted by Gasteiger charge is -2.12. The molecule has 1 rings (SSSR count). The molecule has 1 aromatic rings. The van der Waals surface area contributed by atoms with Crippen LogP contribution in [0.4, 0.5) is 13.2 Å². The molecule has 0 heterocycles. The summed E-state index contributed by atoms with van der Waals surface area (Å²) in [6.45, 7) is 3.25. The van der Waals surface area contributed by atoms with Gasteiger partial charge >= 0.3 is 6.36 Å². The van der Waals surface area contributed by atoms with E-state index < -0.39 is 6.36 Å². The van der Waals surface area contributed by atoms with E-state index in [-0.39, 0.29) is 23.5 Å². The monoisotopic (exact) mass is 230 g/mol. The molecule has 0 N–H and O–H groups in total. The zero-order chi connectivity index (χ0) is 12.2. The minimum Gasteiger partial charge on any atom is -0.405 e. The fourth-order valence-electron chi connectivity index (χ4n) is 1.13. The second kappa shape index (κ2) is 4.83. The molecule has 0 aromatic heterocycles. The Morgan fingerprint density at radius 2 is 2.00 bits per heavy atom. The maximum Gasteiger partial charge on any atom is 0.573 e. The molecule has 0 atom stereocenters. The molecule has 0 bridgehead atoms. The third kappa shape index (κ3) is 3.76. The number of ether oxygens (including phenoxy) is 1. The van der Waals surface area contributed by atoms with Crippen LogP contribution in [-0.2, 0) is 11.2 Å². The van der Waals surface area contributed by atoms with Gasteiger partial charge in [0.25, 0.3) is 0 Å². The highest BCUT2D eigenvalue weighted by atomic mass is 19.4. The molecule has 0 saturated carbocycles. The van der Waals surface area contributed by atoms with Crippen molar-refractivity contribution in [1.82, 2.24) is 0 Å². The van der Waals surface area contributed by atoms with Gasteiger partial charge in [0.15, 0.2) is 5.78 Å². The average molecular weight is 230 g/mol. The average Bonchev–Trinajstić information content (AvgIpc) is 2.18. The van der Waals surface area contributed by atoms with Crippen molar-refractivity contribution in [3.8, 4) is 5.75 Å². The van der Waals surface area contributed by atoms with Crippen molar-refractivity contribution < 1.29 is 22.7 Å². The first-order chi connectivity index (χ1) is 7.42. The Hall–Kier alpha value is -1.78. The van der Waals surface area contributed by atoms with Crippen molar-refractivity contribution >= 4 is 5.78 Å². The Bertz CT molecular complexity index is 396. The van der Waals surface area contributed by atoms with Crippen molar-refractivity contribution in [2.75, 3.05) is 0 Å². The Kier molecular flexibility index (Phi) is 3.71. The Balaban J connectivity index is 2.91. The summed E-state index contributed by atoms with van der Waals surface area (Å²) in [5.74, 6) is -0.719. The normalized spacial score (nSPS) is 10.9. The van der Waals surface area contributed by atoms with Crippen LogP contribution in [0.3, 0.4) is 0 Å². The fourth-order valence-corrected chi connectivity index (χ4v) is 1.13. The smallest absolute Gasteiger partial charge is 0.405 e. The maximum atomic E-state index is 12.0. The summed E-state index contributed by atoms with van der Waals surface area (Å²) in [4.78, 5) is 11.0. The summed E-state index contributed by atoms with van der Waals surface area (Å²) in [5, 5.41) is 0. The molecular weight excluding hydrogens is 221 g/mol. The van der Waals surface area contributed by atoms with Crippen molar-refractivity contribution in [3.05, 3.63) is 42.5 Å². The largest absolute Gasteiger partial charge is 0.573 e. The number of allylic oxidation sites excluding steroid dienone is 1. The van der Waals surface area contributed by atoms with E-state index in [0.29, 0.717) is 0 Å². The predicted octanol–water partition coefficient (Wildman–Crippen LogP) is 2.88. The molecule has 0 unspecified atom stereocenters. The number of halogens is 3. The summed E-state index contributed by atoms with van der Waals surface area (Å²) in [6, 6.07) is 5.51. The Morgan fingerprint density at radius 1 is 1.38 bits per heavy atom. The molecule has 0 spiro atoms. The van der Waals surface area contributed by atoms with Gasteiger partial charge in [-0.2, -0.15) is 0 Å². The van der Waals surface area contributed by atoms with Crippen LogP contribution in [0.15, 0.2) is 36.9 Å². The highest BCUT2D eigenvalue weighted by Gasteiger charge is 2.32. The summed E-state index contributed by atoms with van der Waals surface area (Å²) in [6.07, 6.45) is -3.85. The highest BCUT2D eigenvalue weighted by molar-refractivity contribution is 5.91. The van der Waals surface area contributed by atoms with Crippen molar-refractivity contribution in [2.24, 2.45) is 0 Å². The number of hydrogen-bond donors (Lipinski definition) is 0. The molecule has 16 heavy (non-hydrogen) atoms. The van der Waals surface area contributed by atoms with Crippen molar-refractivity contribution in [3.63, 3.8) is 0 Å². The van der Waals surface area contributed by atoms with E-state index in [9.17, 15) is 18.0 Å². The van der Waals surface area contributed by atoms with Gasteiger partial charge in [0, 0.05) is 12.0 Å². The molecule has 86 valence electrons. The van der Waals surface area contributed by atoms with E-state index in [4.69, 9.17) is 0 Å². The molecule has 0 aliphatic carbocycles. The molecule has 2 nitrogen and oxygen atoms in total. The van der Waals surface area contributed by atoms with E-state index in [0.717, 1.165) is 6.08 Å². The zero-order valence-corrected chi connectivity index (χ0v) is 8.25. The number of carbonyl (C=O) groups is 1. The molecule has 0 fully saturated rings. The summed E-state index contributed by atoms with van der Waals surface area (Å²) in [5.41, 5.74) is 0.185. The topological polar surface area (TPSA) is 26.3 Å². The van der Waals surface area contributed by atoms with E-state index in [1.807, 2.05) is 0 Å². The lowest BCUT2D eigenvalue weighted by atomic mass is 10.1. The first-order valence-corrected chi connectivity index (χ1v) is 4.41. The lowest BCUT2D eigenvalue weighted by Crippen LogP contribution is -2.18.